The molecule has 8 heteroatoms. The molecule has 0 aliphatic rings. The molecule has 2 aromatic rings. The number of ether oxygens (including phenoxy) is 1. The maximum atomic E-state index is 13.6. The molecule has 0 heterocycles. The Hall–Kier alpha value is -3.00. The highest BCUT2D eigenvalue weighted by molar-refractivity contribution is 7.91. The van der Waals surface area contributed by atoms with Gasteiger partial charge in [0.15, 0.2) is 9.84 Å². The van der Waals surface area contributed by atoms with Gasteiger partial charge in [0.2, 0.25) is 0 Å². The second-order valence-electron chi connectivity index (χ2n) is 8.19. The Morgan fingerprint density at radius 2 is 1.85 bits per heavy atom. The van der Waals surface area contributed by atoms with Gasteiger partial charge >= 0.3 is 0 Å². The third-order valence-electron chi connectivity index (χ3n) is 5.66. The lowest BCUT2D eigenvalue weighted by Gasteiger charge is -2.27. The summed E-state index contributed by atoms with van der Waals surface area (Å²) in [6.07, 6.45) is 6.92. The standard InChI is InChI=1S/C25H31NO6S/c1-4-6-14-25(18-27,15-7-5-2)19-33(30,31)24-13-10-22(26(28)29)17-21(24)16-20-8-11-23(32-3)12-9-20/h4,6,8-13,17-18H,5,7,14-16,19H2,1-3H3. The van der Waals surface area contributed by atoms with E-state index < -0.39 is 20.2 Å². The number of unbranched alkanes of at least 4 members (excludes halogenated alkanes) is 1. The predicted molar refractivity (Wildman–Crippen MR) is 128 cm³/mol. The molecule has 0 amide bonds. The van der Waals surface area contributed by atoms with Crippen molar-refractivity contribution >= 4 is 21.8 Å². The number of methoxy groups -OCH3 is 1. The van der Waals surface area contributed by atoms with Crippen molar-refractivity contribution < 1.29 is 22.9 Å². The van der Waals surface area contributed by atoms with Gasteiger partial charge in [-0.15, -0.1) is 0 Å². The number of non-ortho nitro benzene ring substituents is 1. The minimum absolute atomic E-state index is 0.0205. The molecule has 1 unspecified atom stereocenters. The lowest BCUT2D eigenvalue weighted by Crippen LogP contribution is -2.32. The summed E-state index contributed by atoms with van der Waals surface area (Å²) in [6.45, 7) is 3.82. The van der Waals surface area contributed by atoms with Crippen molar-refractivity contribution in [2.45, 2.75) is 50.8 Å². The van der Waals surface area contributed by atoms with Crippen molar-refractivity contribution in [2.24, 2.45) is 5.41 Å². The summed E-state index contributed by atoms with van der Waals surface area (Å²) in [7, 11) is -2.36. The number of nitrogens with zero attached hydrogens (tertiary/aromatic N) is 1. The molecule has 0 N–H and O–H groups in total. The summed E-state index contributed by atoms with van der Waals surface area (Å²) in [5.41, 5.74) is -0.107. The van der Waals surface area contributed by atoms with Crippen LogP contribution in [0.5, 0.6) is 5.75 Å². The lowest BCUT2D eigenvalue weighted by atomic mass is 9.83. The average Bonchev–Trinajstić information content (AvgIpc) is 2.81. The molecule has 0 saturated heterocycles. The van der Waals surface area contributed by atoms with Gasteiger partial charge in [-0.2, -0.15) is 0 Å². The van der Waals surface area contributed by atoms with E-state index in [0.717, 1.165) is 24.7 Å². The van der Waals surface area contributed by atoms with Gasteiger partial charge in [-0.25, -0.2) is 8.42 Å². The summed E-state index contributed by atoms with van der Waals surface area (Å²) < 4.78 is 32.3. The molecule has 2 rings (SSSR count). The number of aldehydes is 1. The Morgan fingerprint density at radius 1 is 1.15 bits per heavy atom. The summed E-state index contributed by atoms with van der Waals surface area (Å²) in [5, 5.41) is 11.3. The van der Waals surface area contributed by atoms with Gasteiger partial charge in [0.25, 0.3) is 5.69 Å². The van der Waals surface area contributed by atoms with Crippen LogP contribution in [0, 0.1) is 15.5 Å². The van der Waals surface area contributed by atoms with Crippen LogP contribution in [0.2, 0.25) is 0 Å². The molecule has 2 aromatic carbocycles. The number of hydrogen-bond acceptors (Lipinski definition) is 6. The SMILES string of the molecule is CC=CCC(C=O)(CCCC)CS(=O)(=O)c1ccc([N+](=O)[O-])cc1Cc1ccc(OC)cc1. The second kappa shape index (κ2) is 11.7. The number of allylic oxidation sites excluding steroid dienone is 2. The van der Waals surface area contributed by atoms with Crippen molar-refractivity contribution in [1.82, 2.24) is 0 Å². The molecular formula is C25H31NO6S. The minimum atomic E-state index is -3.91. The van der Waals surface area contributed by atoms with E-state index in [1.165, 1.54) is 18.2 Å². The van der Waals surface area contributed by atoms with E-state index in [4.69, 9.17) is 4.74 Å². The largest absolute Gasteiger partial charge is 0.497 e. The second-order valence-corrected chi connectivity index (χ2v) is 10.1. The van der Waals surface area contributed by atoms with Gasteiger partial charge in [-0.1, -0.05) is 44.1 Å². The highest BCUT2D eigenvalue weighted by Gasteiger charge is 2.36. The van der Waals surface area contributed by atoms with Crippen molar-refractivity contribution in [3.63, 3.8) is 0 Å². The van der Waals surface area contributed by atoms with E-state index in [0.29, 0.717) is 24.2 Å². The Labute approximate surface area is 195 Å². The normalized spacial score (nSPS) is 13.5. The zero-order chi connectivity index (χ0) is 24.5. The van der Waals surface area contributed by atoms with Crippen LogP contribution in [-0.4, -0.2) is 32.5 Å². The highest BCUT2D eigenvalue weighted by atomic mass is 32.2. The molecule has 0 aliphatic heterocycles. The molecule has 0 spiro atoms. The summed E-state index contributed by atoms with van der Waals surface area (Å²) in [5.74, 6) is 0.308. The molecule has 0 aliphatic carbocycles. The average molecular weight is 474 g/mol. The number of benzene rings is 2. The smallest absolute Gasteiger partial charge is 0.269 e. The van der Waals surface area contributed by atoms with Crippen molar-refractivity contribution in [3.05, 3.63) is 75.9 Å². The zero-order valence-electron chi connectivity index (χ0n) is 19.3. The van der Waals surface area contributed by atoms with Crippen LogP contribution in [0.25, 0.3) is 0 Å². The van der Waals surface area contributed by atoms with E-state index in [9.17, 15) is 23.3 Å². The monoisotopic (exact) mass is 473 g/mol. The predicted octanol–water partition coefficient (Wildman–Crippen LogP) is 5.31. The van der Waals surface area contributed by atoms with Crippen LogP contribution >= 0.6 is 0 Å². The van der Waals surface area contributed by atoms with Gasteiger partial charge in [0.05, 0.1) is 22.7 Å². The molecule has 1 atom stereocenters. The number of carbonyl (C=O) groups excluding carboxylic acids is 1. The minimum Gasteiger partial charge on any atom is -0.497 e. The van der Waals surface area contributed by atoms with Crippen LogP contribution in [0.15, 0.2) is 59.5 Å². The van der Waals surface area contributed by atoms with E-state index in [2.05, 4.69) is 0 Å². The van der Waals surface area contributed by atoms with Gasteiger partial charge in [0.1, 0.15) is 12.0 Å². The van der Waals surface area contributed by atoms with Gasteiger partial charge < -0.3 is 9.53 Å². The molecule has 0 aromatic heterocycles. The number of nitro benzene ring substituents is 1. The first kappa shape index (κ1) is 26.3. The Balaban J connectivity index is 2.52. The maximum absolute atomic E-state index is 13.6. The van der Waals surface area contributed by atoms with Gasteiger partial charge in [-0.3, -0.25) is 10.1 Å². The molecule has 33 heavy (non-hydrogen) atoms. The van der Waals surface area contributed by atoms with E-state index in [1.807, 2.05) is 19.9 Å². The Bertz CT molecular complexity index is 1090. The van der Waals surface area contributed by atoms with E-state index in [1.54, 1.807) is 37.5 Å². The number of hydrogen-bond donors (Lipinski definition) is 0. The lowest BCUT2D eigenvalue weighted by molar-refractivity contribution is -0.385. The van der Waals surface area contributed by atoms with Crippen LogP contribution in [0.1, 0.15) is 50.7 Å². The van der Waals surface area contributed by atoms with Gasteiger partial charge in [0, 0.05) is 17.5 Å². The van der Waals surface area contributed by atoms with Crippen LogP contribution < -0.4 is 4.74 Å². The number of sulfone groups is 1. The molecule has 0 radical (unpaired) electrons. The molecule has 178 valence electrons. The molecule has 0 saturated carbocycles. The summed E-state index contributed by atoms with van der Waals surface area (Å²) in [4.78, 5) is 23.0. The number of nitro groups is 1. The molecule has 0 fully saturated rings. The number of carbonyl (C=O) groups is 1. The van der Waals surface area contributed by atoms with Crippen molar-refractivity contribution in [1.29, 1.82) is 0 Å². The molecule has 0 bridgehead atoms. The van der Waals surface area contributed by atoms with Crippen molar-refractivity contribution in [3.8, 4) is 5.75 Å². The van der Waals surface area contributed by atoms with E-state index >= 15 is 0 Å². The third-order valence-corrected chi connectivity index (χ3v) is 7.68. The fourth-order valence-corrected chi connectivity index (χ4v) is 5.84. The van der Waals surface area contributed by atoms with Crippen LogP contribution in [0.4, 0.5) is 5.69 Å². The first-order valence-corrected chi connectivity index (χ1v) is 12.6. The van der Waals surface area contributed by atoms with Crippen molar-refractivity contribution in [2.75, 3.05) is 12.9 Å². The van der Waals surface area contributed by atoms with Crippen LogP contribution in [0.3, 0.4) is 0 Å². The number of rotatable bonds is 13. The molecule has 7 nitrogen and oxygen atoms in total. The molecular weight excluding hydrogens is 442 g/mol. The zero-order valence-corrected chi connectivity index (χ0v) is 20.1. The van der Waals surface area contributed by atoms with Gasteiger partial charge in [-0.05, 0) is 55.5 Å². The Morgan fingerprint density at radius 3 is 2.39 bits per heavy atom. The maximum Gasteiger partial charge on any atom is 0.269 e. The Kier molecular flexibility index (Phi) is 9.34. The summed E-state index contributed by atoms with van der Waals surface area (Å²) in [6, 6.07) is 10.9. The fourth-order valence-electron chi connectivity index (χ4n) is 3.80. The van der Waals surface area contributed by atoms with Crippen LogP contribution in [-0.2, 0) is 21.1 Å². The quantitative estimate of drug-likeness (QED) is 0.169. The first-order chi connectivity index (χ1) is 15.7. The first-order valence-electron chi connectivity index (χ1n) is 10.9. The van der Waals surface area contributed by atoms with E-state index in [-0.39, 0.29) is 22.8 Å². The topological polar surface area (TPSA) is 104 Å². The third kappa shape index (κ3) is 6.99. The summed E-state index contributed by atoms with van der Waals surface area (Å²) >= 11 is 0. The highest BCUT2D eigenvalue weighted by Crippen LogP contribution is 2.34. The fraction of sp³-hybridized carbons (Fsp3) is 0.400.